The number of sulfonamides is 1. The first-order valence-electron chi connectivity index (χ1n) is 6.13. The number of carbonyl (C=O) groups is 1. The Morgan fingerprint density at radius 1 is 1.40 bits per heavy atom. The Labute approximate surface area is 116 Å². The van der Waals surface area contributed by atoms with Crippen LogP contribution in [0.3, 0.4) is 0 Å². The van der Waals surface area contributed by atoms with Gasteiger partial charge in [0.1, 0.15) is 10.7 Å². The number of amides is 1. The van der Waals surface area contributed by atoms with Crippen LogP contribution < -0.4 is 15.8 Å². The highest BCUT2D eigenvalue weighted by Gasteiger charge is 2.31. The maximum absolute atomic E-state index is 13.9. The smallest absolute Gasteiger partial charge is 0.243 e. The molecule has 0 aliphatic heterocycles. The molecule has 0 atom stereocenters. The van der Waals surface area contributed by atoms with E-state index in [1.807, 2.05) is 0 Å². The first-order valence-corrected chi connectivity index (χ1v) is 7.61. The summed E-state index contributed by atoms with van der Waals surface area (Å²) in [6.45, 7) is 1.28. The summed E-state index contributed by atoms with van der Waals surface area (Å²) in [6, 6.07) is 3.19. The van der Waals surface area contributed by atoms with Crippen LogP contribution in [0.25, 0.3) is 0 Å². The molecule has 1 aliphatic rings. The highest BCUT2D eigenvalue weighted by atomic mass is 32.2. The number of halogens is 1. The molecular weight excluding hydrogens is 285 g/mol. The maximum atomic E-state index is 13.9. The number of hydrogen-bond donors (Lipinski definition) is 3. The first-order chi connectivity index (χ1) is 9.28. The highest BCUT2D eigenvalue weighted by molar-refractivity contribution is 7.89. The second kappa shape index (κ2) is 5.47. The molecule has 1 amide bonds. The number of nitrogens with one attached hydrogen (secondary N) is 2. The van der Waals surface area contributed by atoms with Crippen molar-refractivity contribution in [1.29, 1.82) is 0 Å². The minimum absolute atomic E-state index is 0.00492. The van der Waals surface area contributed by atoms with Crippen LogP contribution in [0.2, 0.25) is 0 Å². The van der Waals surface area contributed by atoms with Crippen molar-refractivity contribution >= 4 is 21.6 Å². The van der Waals surface area contributed by atoms with Gasteiger partial charge >= 0.3 is 0 Å². The quantitative estimate of drug-likeness (QED) is 0.756. The Kier molecular flexibility index (Phi) is 4.07. The molecule has 1 aromatic rings. The molecule has 0 bridgehead atoms. The monoisotopic (exact) mass is 301 g/mol. The van der Waals surface area contributed by atoms with Crippen LogP contribution in [-0.2, 0) is 14.8 Å². The average Bonchev–Trinajstić information content (AvgIpc) is 2.25. The van der Waals surface area contributed by atoms with Crippen molar-refractivity contribution < 1.29 is 17.6 Å². The standard InChI is InChI=1S/C12H16FN3O3S/c1-7(17)15-9-2-3-12(11(13)6-9)20(18,19)16-10-4-8(14)5-10/h2-3,6,8,10,16H,4-5,14H2,1H3,(H,15,17). The molecule has 0 radical (unpaired) electrons. The van der Waals surface area contributed by atoms with Crippen LogP contribution >= 0.6 is 0 Å². The molecule has 0 spiro atoms. The molecule has 8 heteroatoms. The fourth-order valence-electron chi connectivity index (χ4n) is 2.04. The number of benzene rings is 1. The van der Waals surface area contributed by atoms with Crippen molar-refractivity contribution in [2.45, 2.75) is 36.7 Å². The van der Waals surface area contributed by atoms with Gasteiger partial charge in [0.2, 0.25) is 15.9 Å². The van der Waals surface area contributed by atoms with Crippen molar-refractivity contribution in [3.63, 3.8) is 0 Å². The van der Waals surface area contributed by atoms with E-state index in [4.69, 9.17) is 5.73 Å². The van der Waals surface area contributed by atoms with Crippen molar-refractivity contribution in [3.8, 4) is 0 Å². The van der Waals surface area contributed by atoms with E-state index in [-0.39, 0.29) is 23.7 Å². The van der Waals surface area contributed by atoms with Gasteiger partial charge < -0.3 is 11.1 Å². The molecule has 0 aromatic heterocycles. The van der Waals surface area contributed by atoms with Gasteiger partial charge in [0.25, 0.3) is 0 Å². The normalized spacial score (nSPS) is 22.1. The molecule has 0 heterocycles. The topological polar surface area (TPSA) is 101 Å². The molecule has 1 saturated carbocycles. The summed E-state index contributed by atoms with van der Waals surface area (Å²) in [7, 11) is -3.91. The summed E-state index contributed by atoms with van der Waals surface area (Å²) in [6.07, 6.45) is 1.09. The zero-order valence-electron chi connectivity index (χ0n) is 10.9. The lowest BCUT2D eigenvalue weighted by atomic mass is 9.89. The van der Waals surface area contributed by atoms with Gasteiger partial charge in [-0.1, -0.05) is 0 Å². The van der Waals surface area contributed by atoms with Gasteiger partial charge in [-0.3, -0.25) is 4.79 Å². The second-order valence-electron chi connectivity index (χ2n) is 4.88. The number of rotatable bonds is 4. The Balaban J connectivity index is 2.17. The van der Waals surface area contributed by atoms with Crippen molar-refractivity contribution in [2.75, 3.05) is 5.32 Å². The van der Waals surface area contributed by atoms with Gasteiger partial charge in [0.05, 0.1) is 0 Å². The van der Waals surface area contributed by atoms with Crippen LogP contribution in [0, 0.1) is 5.82 Å². The van der Waals surface area contributed by atoms with Gasteiger partial charge in [0.15, 0.2) is 0 Å². The van der Waals surface area contributed by atoms with Gasteiger partial charge in [-0.25, -0.2) is 17.5 Å². The fraction of sp³-hybridized carbons (Fsp3) is 0.417. The Morgan fingerprint density at radius 3 is 2.55 bits per heavy atom. The predicted octanol–water partition coefficient (Wildman–Crippen LogP) is 0.552. The summed E-state index contributed by atoms with van der Waals surface area (Å²) in [5.41, 5.74) is 5.78. The van der Waals surface area contributed by atoms with E-state index >= 15 is 0 Å². The molecule has 0 saturated heterocycles. The lowest BCUT2D eigenvalue weighted by Crippen LogP contribution is -2.50. The largest absolute Gasteiger partial charge is 0.328 e. The Bertz CT molecular complexity index is 627. The van der Waals surface area contributed by atoms with Gasteiger partial charge in [-0.2, -0.15) is 0 Å². The summed E-state index contributed by atoms with van der Waals surface area (Å²) < 4.78 is 40.3. The fourth-order valence-corrected chi connectivity index (χ4v) is 3.36. The maximum Gasteiger partial charge on any atom is 0.243 e. The third-order valence-corrected chi connectivity index (χ3v) is 4.59. The minimum Gasteiger partial charge on any atom is -0.328 e. The molecule has 4 N–H and O–H groups in total. The average molecular weight is 301 g/mol. The zero-order valence-corrected chi connectivity index (χ0v) is 11.7. The van der Waals surface area contributed by atoms with Gasteiger partial charge in [-0.15, -0.1) is 0 Å². The second-order valence-corrected chi connectivity index (χ2v) is 6.56. The third-order valence-electron chi connectivity index (χ3n) is 3.04. The van der Waals surface area contributed by atoms with Crippen LogP contribution in [-0.4, -0.2) is 26.4 Å². The molecule has 0 unspecified atom stereocenters. The van der Waals surface area contributed by atoms with Crippen molar-refractivity contribution in [2.24, 2.45) is 5.73 Å². The van der Waals surface area contributed by atoms with E-state index in [2.05, 4.69) is 10.0 Å². The molecule has 110 valence electrons. The molecule has 20 heavy (non-hydrogen) atoms. The van der Waals surface area contributed by atoms with Crippen LogP contribution in [0.4, 0.5) is 10.1 Å². The molecule has 1 fully saturated rings. The first kappa shape index (κ1) is 14.9. The number of carbonyl (C=O) groups excluding carboxylic acids is 1. The molecule has 6 nitrogen and oxygen atoms in total. The summed E-state index contributed by atoms with van der Waals surface area (Å²) in [4.78, 5) is 10.4. The van der Waals surface area contributed by atoms with Crippen molar-refractivity contribution in [1.82, 2.24) is 4.72 Å². The van der Waals surface area contributed by atoms with E-state index in [0.29, 0.717) is 12.8 Å². The van der Waals surface area contributed by atoms with E-state index < -0.39 is 20.7 Å². The van der Waals surface area contributed by atoms with E-state index in [0.717, 1.165) is 12.1 Å². The van der Waals surface area contributed by atoms with Crippen molar-refractivity contribution in [3.05, 3.63) is 24.0 Å². The number of nitrogens with two attached hydrogens (primary N) is 1. The number of hydrogen-bond acceptors (Lipinski definition) is 4. The lowest BCUT2D eigenvalue weighted by Gasteiger charge is -2.32. The molecular formula is C12H16FN3O3S. The predicted molar refractivity (Wildman–Crippen MR) is 72.0 cm³/mol. The van der Waals surface area contributed by atoms with E-state index in [1.54, 1.807) is 0 Å². The number of anilines is 1. The van der Waals surface area contributed by atoms with E-state index in [9.17, 15) is 17.6 Å². The summed E-state index contributed by atoms with van der Waals surface area (Å²) in [5, 5.41) is 2.38. The zero-order chi connectivity index (χ0) is 14.9. The van der Waals surface area contributed by atoms with E-state index in [1.165, 1.54) is 13.0 Å². The minimum atomic E-state index is -3.91. The summed E-state index contributed by atoms with van der Waals surface area (Å²) >= 11 is 0. The lowest BCUT2D eigenvalue weighted by molar-refractivity contribution is -0.114. The molecule has 2 rings (SSSR count). The Morgan fingerprint density at radius 2 is 2.05 bits per heavy atom. The summed E-state index contributed by atoms with van der Waals surface area (Å²) in [5.74, 6) is -1.27. The van der Waals surface area contributed by atoms with Gasteiger partial charge in [0, 0.05) is 24.7 Å². The van der Waals surface area contributed by atoms with Crippen LogP contribution in [0.15, 0.2) is 23.1 Å². The van der Waals surface area contributed by atoms with Gasteiger partial charge in [-0.05, 0) is 31.0 Å². The highest BCUT2D eigenvalue weighted by Crippen LogP contribution is 2.23. The third kappa shape index (κ3) is 3.33. The van der Waals surface area contributed by atoms with Crippen LogP contribution in [0.1, 0.15) is 19.8 Å². The molecule has 1 aliphatic carbocycles. The molecule has 1 aromatic carbocycles. The SMILES string of the molecule is CC(=O)Nc1ccc(S(=O)(=O)NC2CC(N)C2)c(F)c1. The van der Waals surface area contributed by atoms with Crippen LogP contribution in [0.5, 0.6) is 0 Å². The Hall–Kier alpha value is -1.51.